The summed E-state index contributed by atoms with van der Waals surface area (Å²) in [6.45, 7) is 8.57. The lowest BCUT2D eigenvalue weighted by atomic mass is 10.1. The van der Waals surface area contributed by atoms with E-state index in [1.165, 1.54) is 34.2 Å². The van der Waals surface area contributed by atoms with Crippen molar-refractivity contribution in [1.82, 2.24) is 19.7 Å². The van der Waals surface area contributed by atoms with Gasteiger partial charge in [-0.25, -0.2) is 4.98 Å². The molecule has 0 aliphatic rings. The van der Waals surface area contributed by atoms with Crippen LogP contribution in [0.1, 0.15) is 21.8 Å². The molecule has 0 bridgehead atoms. The number of hydrogen-bond acceptors (Lipinski definition) is 7. The van der Waals surface area contributed by atoms with Crippen molar-refractivity contribution in [2.75, 3.05) is 11.1 Å². The summed E-state index contributed by atoms with van der Waals surface area (Å²) in [4.78, 5) is 18.3. The number of allylic oxidation sites excluding steroid dienone is 1. The molecule has 0 radical (unpaired) electrons. The summed E-state index contributed by atoms with van der Waals surface area (Å²) >= 11 is 4.65. The Balaban J connectivity index is 1.33. The first-order valence-electron chi connectivity index (χ1n) is 11.1. The smallest absolute Gasteiger partial charge is 0.236 e. The average molecular weight is 522 g/mol. The largest absolute Gasteiger partial charge is 0.301 e. The normalized spacial score (nSPS) is 10.9. The fraction of sp³-hybridized carbons (Fsp3) is 0.231. The molecule has 4 rings (SSSR count). The van der Waals surface area contributed by atoms with E-state index in [1.54, 1.807) is 11.8 Å². The van der Waals surface area contributed by atoms with Crippen LogP contribution in [0.4, 0.5) is 5.13 Å². The zero-order valence-corrected chi connectivity index (χ0v) is 22.2. The van der Waals surface area contributed by atoms with E-state index >= 15 is 0 Å². The highest BCUT2D eigenvalue weighted by atomic mass is 32.2. The number of thioether (sulfide) groups is 2. The number of carbonyl (C=O) groups is 1. The Morgan fingerprint density at radius 1 is 1.09 bits per heavy atom. The number of amides is 1. The molecule has 0 fully saturated rings. The van der Waals surface area contributed by atoms with Gasteiger partial charge in [-0.2, -0.15) is 0 Å². The molecule has 0 atom stereocenters. The Labute approximate surface area is 218 Å². The molecule has 6 nitrogen and oxygen atoms in total. The van der Waals surface area contributed by atoms with Crippen LogP contribution in [0.25, 0.3) is 11.3 Å². The molecule has 1 N–H and O–H groups in total. The van der Waals surface area contributed by atoms with E-state index in [0.29, 0.717) is 16.8 Å². The minimum absolute atomic E-state index is 0.119. The topological polar surface area (TPSA) is 72.7 Å². The van der Waals surface area contributed by atoms with Gasteiger partial charge in [0.15, 0.2) is 10.3 Å². The fourth-order valence-corrected chi connectivity index (χ4v) is 5.93. The van der Waals surface area contributed by atoms with Crippen LogP contribution in [-0.4, -0.2) is 31.4 Å². The highest BCUT2D eigenvalue weighted by molar-refractivity contribution is 7.99. The third-order valence-electron chi connectivity index (χ3n) is 5.15. The zero-order valence-electron chi connectivity index (χ0n) is 19.7. The quantitative estimate of drug-likeness (QED) is 0.183. The van der Waals surface area contributed by atoms with Crippen molar-refractivity contribution in [3.63, 3.8) is 0 Å². The van der Waals surface area contributed by atoms with Crippen molar-refractivity contribution in [2.24, 2.45) is 0 Å². The molecule has 2 aromatic heterocycles. The zero-order chi connectivity index (χ0) is 24.6. The number of carbonyl (C=O) groups excluding carboxylic acids is 1. The fourth-order valence-electron chi connectivity index (χ4n) is 3.39. The predicted octanol–water partition coefficient (Wildman–Crippen LogP) is 6.37. The second-order valence-electron chi connectivity index (χ2n) is 7.90. The lowest BCUT2D eigenvalue weighted by Gasteiger charge is -2.08. The highest BCUT2D eigenvalue weighted by Crippen LogP contribution is 2.30. The second-order valence-corrected chi connectivity index (χ2v) is 11.0. The third-order valence-corrected chi connectivity index (χ3v) is 8.00. The van der Waals surface area contributed by atoms with Crippen molar-refractivity contribution in [3.05, 3.63) is 89.1 Å². The van der Waals surface area contributed by atoms with E-state index in [4.69, 9.17) is 0 Å². The van der Waals surface area contributed by atoms with Crippen LogP contribution in [0, 0.1) is 13.8 Å². The highest BCUT2D eigenvalue weighted by Gasteiger charge is 2.16. The van der Waals surface area contributed by atoms with Crippen LogP contribution in [0.15, 0.2) is 72.4 Å². The summed E-state index contributed by atoms with van der Waals surface area (Å²) in [5, 5.41) is 12.9. The van der Waals surface area contributed by atoms with Crippen LogP contribution in [0.2, 0.25) is 0 Å². The number of benzene rings is 2. The maximum atomic E-state index is 12.6. The van der Waals surface area contributed by atoms with Crippen molar-refractivity contribution < 1.29 is 4.79 Å². The first kappa shape index (κ1) is 25.2. The number of nitrogens with zero attached hydrogens (tertiary/aromatic N) is 4. The van der Waals surface area contributed by atoms with Gasteiger partial charge in [-0.1, -0.05) is 78.0 Å². The first-order valence-corrected chi connectivity index (χ1v) is 14.1. The molecule has 2 heterocycles. The molecule has 180 valence electrons. The lowest BCUT2D eigenvalue weighted by Crippen LogP contribution is -2.14. The van der Waals surface area contributed by atoms with Crippen LogP contribution in [0.3, 0.4) is 0 Å². The lowest BCUT2D eigenvalue weighted by molar-refractivity contribution is -0.113. The van der Waals surface area contributed by atoms with Gasteiger partial charge in [-0.05, 0) is 19.4 Å². The number of hydrogen-bond donors (Lipinski definition) is 1. The van der Waals surface area contributed by atoms with Gasteiger partial charge in [0.2, 0.25) is 5.91 Å². The standard InChI is InChI=1S/C26H27N5OS3/c1-4-14-31-22(16-33-15-20-12-10-18(2)11-13-20)29-30-26(31)34-17-23(32)27-25-28-24(19(3)35-25)21-8-6-5-7-9-21/h4-13H,1,14-17H2,2-3H3,(H,27,28,32). The molecular weight excluding hydrogens is 495 g/mol. The molecule has 9 heteroatoms. The van der Waals surface area contributed by atoms with E-state index in [2.05, 4.69) is 58.3 Å². The molecule has 0 unspecified atom stereocenters. The van der Waals surface area contributed by atoms with Gasteiger partial charge in [0.05, 0.1) is 17.2 Å². The molecule has 0 aliphatic heterocycles. The average Bonchev–Trinajstić information content (AvgIpc) is 3.42. The number of anilines is 1. The molecule has 4 aromatic rings. The van der Waals surface area contributed by atoms with Gasteiger partial charge in [-0.3, -0.25) is 4.79 Å². The van der Waals surface area contributed by atoms with E-state index < -0.39 is 0 Å². The van der Waals surface area contributed by atoms with Crippen LogP contribution in [-0.2, 0) is 22.8 Å². The van der Waals surface area contributed by atoms with E-state index in [9.17, 15) is 4.79 Å². The molecule has 0 aliphatic carbocycles. The Morgan fingerprint density at radius 2 is 1.86 bits per heavy atom. The Hall–Kier alpha value is -2.88. The van der Waals surface area contributed by atoms with E-state index in [1.807, 2.05) is 47.9 Å². The maximum absolute atomic E-state index is 12.6. The molecular formula is C26H27N5OS3. The summed E-state index contributed by atoms with van der Waals surface area (Å²) in [6, 6.07) is 18.6. The number of nitrogens with one attached hydrogen (secondary N) is 1. The molecule has 1 amide bonds. The molecule has 2 aromatic carbocycles. The summed E-state index contributed by atoms with van der Waals surface area (Å²) in [5.74, 6) is 2.64. The number of aromatic nitrogens is 4. The molecule has 35 heavy (non-hydrogen) atoms. The monoisotopic (exact) mass is 521 g/mol. The summed E-state index contributed by atoms with van der Waals surface area (Å²) < 4.78 is 2.02. The number of thiazole rings is 1. The van der Waals surface area contributed by atoms with Gasteiger partial charge in [0.1, 0.15) is 5.82 Å². The van der Waals surface area contributed by atoms with E-state index in [-0.39, 0.29) is 11.7 Å². The van der Waals surface area contributed by atoms with Gasteiger partial charge in [-0.15, -0.1) is 39.9 Å². The summed E-state index contributed by atoms with van der Waals surface area (Å²) in [6.07, 6.45) is 1.82. The van der Waals surface area contributed by atoms with Crippen molar-refractivity contribution in [1.29, 1.82) is 0 Å². The minimum Gasteiger partial charge on any atom is -0.301 e. The van der Waals surface area contributed by atoms with Crippen molar-refractivity contribution in [3.8, 4) is 11.3 Å². The van der Waals surface area contributed by atoms with Crippen molar-refractivity contribution >= 4 is 45.9 Å². The SMILES string of the molecule is C=CCn1c(CSCc2ccc(C)cc2)nnc1SCC(=O)Nc1nc(-c2ccccc2)c(C)s1. The first-order chi connectivity index (χ1) is 17.0. The summed E-state index contributed by atoms with van der Waals surface area (Å²) in [7, 11) is 0. The summed E-state index contributed by atoms with van der Waals surface area (Å²) in [5.41, 5.74) is 4.49. The maximum Gasteiger partial charge on any atom is 0.236 e. The Kier molecular flexibility index (Phi) is 8.79. The number of rotatable bonds is 11. The van der Waals surface area contributed by atoms with Gasteiger partial charge in [0.25, 0.3) is 0 Å². The van der Waals surface area contributed by atoms with E-state index in [0.717, 1.165) is 33.5 Å². The van der Waals surface area contributed by atoms with Gasteiger partial charge >= 0.3 is 0 Å². The van der Waals surface area contributed by atoms with Crippen LogP contribution in [0.5, 0.6) is 0 Å². The molecule has 0 spiro atoms. The molecule has 0 saturated heterocycles. The van der Waals surface area contributed by atoms with Crippen molar-refractivity contribution in [2.45, 2.75) is 37.1 Å². The Bertz CT molecular complexity index is 1280. The van der Waals surface area contributed by atoms with Gasteiger partial charge in [0, 0.05) is 22.7 Å². The predicted molar refractivity (Wildman–Crippen MR) is 148 cm³/mol. The minimum atomic E-state index is -0.119. The van der Waals surface area contributed by atoms with Gasteiger partial charge < -0.3 is 9.88 Å². The third kappa shape index (κ3) is 6.84. The van der Waals surface area contributed by atoms with Crippen LogP contribution < -0.4 is 5.32 Å². The van der Waals surface area contributed by atoms with Crippen LogP contribution >= 0.6 is 34.9 Å². The molecule has 0 saturated carbocycles. The Morgan fingerprint density at radius 3 is 2.60 bits per heavy atom. The number of aryl methyl sites for hydroxylation is 2. The second kappa shape index (κ2) is 12.2.